The number of carboxylic acids is 1. The summed E-state index contributed by atoms with van der Waals surface area (Å²) in [6, 6.07) is 0. The van der Waals surface area contributed by atoms with Crippen LogP contribution in [0.15, 0.2) is 0 Å². The van der Waals surface area contributed by atoms with Crippen molar-refractivity contribution in [1.82, 2.24) is 5.32 Å². The molecule has 0 aromatic heterocycles. The average Bonchev–Trinajstić information content (AvgIpc) is 1.99. The third kappa shape index (κ3) is 4.18. The average molecular weight is 215 g/mol. The number of carbonyl (C=O) groups is 1. The number of hydrogen-bond donors (Lipinski definition) is 2. The van der Waals surface area contributed by atoms with Crippen LogP contribution in [0, 0.1) is 0 Å². The van der Waals surface area contributed by atoms with Gasteiger partial charge in [-0.1, -0.05) is 0 Å². The van der Waals surface area contributed by atoms with Gasteiger partial charge in [-0.2, -0.15) is 0 Å². The first-order valence-corrected chi connectivity index (χ1v) is 5.46. The summed E-state index contributed by atoms with van der Waals surface area (Å²) < 4.78 is 5.96. The van der Waals surface area contributed by atoms with Gasteiger partial charge in [-0.25, -0.2) is 0 Å². The van der Waals surface area contributed by atoms with Gasteiger partial charge in [0.15, 0.2) is 0 Å². The molecule has 1 aliphatic rings. The molecule has 1 saturated heterocycles. The van der Waals surface area contributed by atoms with Crippen molar-refractivity contribution >= 4 is 5.97 Å². The molecule has 4 heteroatoms. The zero-order valence-electron chi connectivity index (χ0n) is 9.80. The van der Waals surface area contributed by atoms with Crippen LogP contribution < -0.4 is 5.32 Å². The molecule has 0 radical (unpaired) electrons. The molecule has 15 heavy (non-hydrogen) atoms. The molecule has 0 bridgehead atoms. The summed E-state index contributed by atoms with van der Waals surface area (Å²) in [5.74, 6) is -0.777. The lowest BCUT2D eigenvalue weighted by atomic mass is 9.88. The first-order valence-electron chi connectivity index (χ1n) is 5.46. The van der Waals surface area contributed by atoms with E-state index in [9.17, 15) is 4.79 Å². The van der Waals surface area contributed by atoms with Crippen molar-refractivity contribution in [3.05, 3.63) is 0 Å². The molecule has 0 unspecified atom stereocenters. The van der Waals surface area contributed by atoms with E-state index in [-0.39, 0.29) is 12.0 Å². The second kappa shape index (κ2) is 4.49. The first-order chi connectivity index (χ1) is 6.83. The minimum atomic E-state index is -0.777. The van der Waals surface area contributed by atoms with Crippen molar-refractivity contribution in [2.75, 3.05) is 13.1 Å². The Balaban J connectivity index is 2.70. The van der Waals surface area contributed by atoms with Crippen LogP contribution >= 0.6 is 0 Å². The Labute approximate surface area is 91.0 Å². The van der Waals surface area contributed by atoms with E-state index in [1.807, 2.05) is 20.8 Å². The zero-order valence-corrected chi connectivity index (χ0v) is 9.80. The molecule has 1 rings (SSSR count). The second-order valence-electron chi connectivity index (χ2n) is 5.22. The Hall–Kier alpha value is -0.610. The van der Waals surface area contributed by atoms with Crippen LogP contribution in [0.1, 0.15) is 40.0 Å². The topological polar surface area (TPSA) is 58.6 Å². The highest BCUT2D eigenvalue weighted by atomic mass is 16.5. The van der Waals surface area contributed by atoms with Gasteiger partial charge in [0.05, 0.1) is 17.6 Å². The first kappa shape index (κ1) is 12.5. The van der Waals surface area contributed by atoms with Crippen LogP contribution in [0.2, 0.25) is 0 Å². The lowest BCUT2D eigenvalue weighted by Gasteiger charge is -2.41. The van der Waals surface area contributed by atoms with Gasteiger partial charge in [0, 0.05) is 0 Å². The van der Waals surface area contributed by atoms with E-state index >= 15 is 0 Å². The quantitative estimate of drug-likeness (QED) is 0.747. The summed E-state index contributed by atoms with van der Waals surface area (Å²) in [5, 5.41) is 12.2. The molecule has 4 nitrogen and oxygen atoms in total. The number of nitrogens with one attached hydrogen (secondary N) is 1. The summed E-state index contributed by atoms with van der Waals surface area (Å²) in [6.07, 6.45) is 1.65. The number of hydrogen-bond acceptors (Lipinski definition) is 3. The van der Waals surface area contributed by atoms with Gasteiger partial charge in [0.25, 0.3) is 0 Å². The van der Waals surface area contributed by atoms with E-state index < -0.39 is 11.6 Å². The van der Waals surface area contributed by atoms with Crippen LogP contribution in [0.25, 0.3) is 0 Å². The maximum Gasteiger partial charge on any atom is 0.306 e. The largest absolute Gasteiger partial charge is 0.481 e. The zero-order chi connectivity index (χ0) is 11.5. The molecule has 0 atom stereocenters. The summed E-state index contributed by atoms with van der Waals surface area (Å²) in [7, 11) is 0. The van der Waals surface area contributed by atoms with E-state index in [1.165, 1.54) is 0 Å². The monoisotopic (exact) mass is 215 g/mol. The van der Waals surface area contributed by atoms with E-state index in [2.05, 4.69) is 5.32 Å². The van der Waals surface area contributed by atoms with Crippen molar-refractivity contribution < 1.29 is 14.6 Å². The highest BCUT2D eigenvalue weighted by molar-refractivity contribution is 5.68. The van der Waals surface area contributed by atoms with Crippen molar-refractivity contribution in [2.24, 2.45) is 0 Å². The summed E-state index contributed by atoms with van der Waals surface area (Å²) in [5.41, 5.74) is -0.762. The fraction of sp³-hybridized carbons (Fsp3) is 0.909. The minimum absolute atomic E-state index is 0.103. The van der Waals surface area contributed by atoms with Gasteiger partial charge in [0.1, 0.15) is 0 Å². The van der Waals surface area contributed by atoms with E-state index in [1.54, 1.807) is 0 Å². The molecule has 0 saturated carbocycles. The molecule has 0 aromatic rings. The molecule has 2 N–H and O–H groups in total. The molecule has 0 spiro atoms. The molecule has 0 aliphatic carbocycles. The van der Waals surface area contributed by atoms with Crippen LogP contribution in [0.5, 0.6) is 0 Å². The molecule has 1 heterocycles. The summed E-state index contributed by atoms with van der Waals surface area (Å²) in [4.78, 5) is 10.9. The predicted octanol–water partition coefficient (Wildman–Crippen LogP) is 1.40. The van der Waals surface area contributed by atoms with E-state index in [0.29, 0.717) is 0 Å². The molecule has 0 aromatic carbocycles. The van der Waals surface area contributed by atoms with Crippen LogP contribution in [-0.4, -0.2) is 35.4 Å². The predicted molar refractivity (Wildman–Crippen MR) is 57.9 cm³/mol. The smallest absolute Gasteiger partial charge is 0.306 e. The summed E-state index contributed by atoms with van der Waals surface area (Å²) in [6.45, 7) is 7.59. The molecular formula is C11H21NO3. The number of rotatable bonds is 3. The van der Waals surface area contributed by atoms with Gasteiger partial charge in [-0.3, -0.25) is 4.79 Å². The fourth-order valence-electron chi connectivity index (χ4n) is 2.12. The van der Waals surface area contributed by atoms with Crippen LogP contribution in [0.4, 0.5) is 0 Å². The molecular weight excluding hydrogens is 194 g/mol. The van der Waals surface area contributed by atoms with Crippen molar-refractivity contribution in [2.45, 2.75) is 51.2 Å². The lowest BCUT2D eigenvalue weighted by Crippen LogP contribution is -2.49. The van der Waals surface area contributed by atoms with Gasteiger partial charge < -0.3 is 15.2 Å². The highest BCUT2D eigenvalue weighted by Crippen LogP contribution is 2.31. The summed E-state index contributed by atoms with van der Waals surface area (Å²) >= 11 is 0. The maximum atomic E-state index is 10.9. The minimum Gasteiger partial charge on any atom is -0.481 e. The Morgan fingerprint density at radius 3 is 2.33 bits per heavy atom. The lowest BCUT2D eigenvalue weighted by molar-refractivity contribution is -0.167. The third-order valence-corrected chi connectivity index (χ3v) is 2.51. The molecule has 1 fully saturated rings. The Kier molecular flexibility index (Phi) is 3.73. The number of aliphatic carboxylic acids is 1. The Morgan fingerprint density at radius 1 is 1.40 bits per heavy atom. The molecule has 88 valence electrons. The fourth-order valence-corrected chi connectivity index (χ4v) is 2.12. The highest BCUT2D eigenvalue weighted by Gasteiger charge is 2.38. The van der Waals surface area contributed by atoms with Crippen molar-refractivity contribution in [3.8, 4) is 0 Å². The van der Waals surface area contributed by atoms with Crippen LogP contribution in [0.3, 0.4) is 0 Å². The van der Waals surface area contributed by atoms with Crippen molar-refractivity contribution in [3.63, 3.8) is 0 Å². The number of ether oxygens (including phenoxy) is 1. The van der Waals surface area contributed by atoms with Crippen molar-refractivity contribution in [1.29, 1.82) is 0 Å². The van der Waals surface area contributed by atoms with Gasteiger partial charge >= 0.3 is 5.97 Å². The SMILES string of the molecule is CC(C)(C)OC1(CC(=O)O)CCNCC1. The standard InChI is InChI=1S/C11H21NO3/c1-10(2,3)15-11(8-9(13)14)4-6-12-7-5-11/h12H,4-8H2,1-3H3,(H,13,14). The number of carboxylic acid groups (broad SMARTS) is 1. The van der Waals surface area contributed by atoms with Gasteiger partial charge in [-0.15, -0.1) is 0 Å². The van der Waals surface area contributed by atoms with Crippen LogP contribution in [-0.2, 0) is 9.53 Å². The Morgan fingerprint density at radius 2 is 1.93 bits per heavy atom. The van der Waals surface area contributed by atoms with E-state index in [0.717, 1.165) is 25.9 Å². The Bertz CT molecular complexity index is 226. The molecule has 0 amide bonds. The second-order valence-corrected chi connectivity index (χ2v) is 5.22. The van der Waals surface area contributed by atoms with Gasteiger partial charge in [-0.05, 0) is 46.7 Å². The normalized spacial score (nSPS) is 21.3. The maximum absolute atomic E-state index is 10.9. The number of piperidine rings is 1. The van der Waals surface area contributed by atoms with Gasteiger partial charge in [0.2, 0.25) is 0 Å². The third-order valence-electron chi connectivity index (χ3n) is 2.51. The van der Waals surface area contributed by atoms with E-state index in [4.69, 9.17) is 9.84 Å². The molecule has 1 aliphatic heterocycles.